The lowest BCUT2D eigenvalue weighted by Gasteiger charge is -2.46. The Hall–Kier alpha value is -3.13. The van der Waals surface area contributed by atoms with Gasteiger partial charge in [-0.25, -0.2) is 4.39 Å². The van der Waals surface area contributed by atoms with Crippen LogP contribution >= 0.6 is 0 Å². The van der Waals surface area contributed by atoms with E-state index in [4.69, 9.17) is 14.3 Å². The number of hydrogen-bond donors (Lipinski definition) is 0. The van der Waals surface area contributed by atoms with Crippen LogP contribution in [0.5, 0.6) is 5.75 Å². The molecule has 3 aliphatic heterocycles. The fourth-order valence-electron chi connectivity index (χ4n) is 6.34. The Kier molecular flexibility index (Phi) is 6.78. The molecule has 39 heavy (non-hydrogen) atoms. The van der Waals surface area contributed by atoms with Crippen molar-refractivity contribution in [1.29, 1.82) is 0 Å². The van der Waals surface area contributed by atoms with Gasteiger partial charge in [-0.05, 0) is 80.3 Å². The smallest absolute Gasteiger partial charge is 0.311 e. The Balaban J connectivity index is 1.08. The number of oxime groups is 1. The number of rotatable bonds is 7. The summed E-state index contributed by atoms with van der Waals surface area (Å²) in [7, 11) is 1.71. The summed E-state index contributed by atoms with van der Waals surface area (Å²) >= 11 is 0. The third kappa shape index (κ3) is 5.11. The van der Waals surface area contributed by atoms with Gasteiger partial charge in [0.2, 0.25) is 0 Å². The van der Waals surface area contributed by atoms with Crippen molar-refractivity contribution >= 4 is 11.8 Å². The zero-order valence-electron chi connectivity index (χ0n) is 23.2. The first-order valence-corrected chi connectivity index (χ1v) is 14.2. The number of likely N-dealkylation sites (tertiary alicyclic amines) is 2. The lowest BCUT2D eigenvalue weighted by molar-refractivity contribution is -0.156. The molecule has 1 saturated carbocycles. The molecule has 6 rings (SSSR count). The normalized spacial score (nSPS) is 21.7. The second-order valence-corrected chi connectivity index (χ2v) is 11.9. The number of halogens is 1. The highest BCUT2D eigenvalue weighted by Gasteiger charge is 2.51. The van der Waals surface area contributed by atoms with E-state index < -0.39 is 5.41 Å². The van der Waals surface area contributed by atoms with Crippen molar-refractivity contribution in [2.45, 2.75) is 64.0 Å². The van der Waals surface area contributed by atoms with Gasteiger partial charge in [0.05, 0.1) is 25.6 Å². The molecule has 7 nitrogen and oxygen atoms in total. The quantitative estimate of drug-likeness (QED) is 0.447. The predicted molar refractivity (Wildman–Crippen MR) is 147 cm³/mol. The highest BCUT2D eigenvalue weighted by atomic mass is 19.1. The van der Waals surface area contributed by atoms with Crippen LogP contribution in [0.2, 0.25) is 0 Å². The number of esters is 1. The van der Waals surface area contributed by atoms with Crippen LogP contribution in [0.1, 0.15) is 63.0 Å². The highest BCUT2D eigenvalue weighted by molar-refractivity contribution is 5.85. The van der Waals surface area contributed by atoms with Gasteiger partial charge in [-0.1, -0.05) is 23.4 Å². The van der Waals surface area contributed by atoms with Gasteiger partial charge in [0.1, 0.15) is 17.4 Å². The monoisotopic (exact) mass is 535 g/mol. The van der Waals surface area contributed by atoms with Crippen molar-refractivity contribution in [3.05, 3.63) is 53.3 Å². The Morgan fingerprint density at radius 2 is 1.87 bits per heavy atom. The van der Waals surface area contributed by atoms with E-state index in [1.165, 1.54) is 36.1 Å². The van der Waals surface area contributed by atoms with Crippen molar-refractivity contribution in [2.75, 3.05) is 39.9 Å². The van der Waals surface area contributed by atoms with Gasteiger partial charge >= 0.3 is 5.97 Å². The van der Waals surface area contributed by atoms with Gasteiger partial charge in [0.15, 0.2) is 5.60 Å². The van der Waals surface area contributed by atoms with Gasteiger partial charge in [0, 0.05) is 38.3 Å². The number of hydrogen-bond acceptors (Lipinski definition) is 7. The first-order chi connectivity index (χ1) is 18.8. The summed E-state index contributed by atoms with van der Waals surface area (Å²) < 4.78 is 24.7. The van der Waals surface area contributed by atoms with Crippen LogP contribution in [-0.4, -0.2) is 67.1 Å². The van der Waals surface area contributed by atoms with Gasteiger partial charge in [-0.2, -0.15) is 0 Å². The lowest BCUT2D eigenvalue weighted by atomic mass is 9.80. The number of carbonyl (C=O) groups excluding carboxylic acids is 1. The summed E-state index contributed by atoms with van der Waals surface area (Å²) in [5, 5.41) is 4.48. The SMILES string of the molecule is CCOC(=O)C1(C)CCN(C2=NOC3(C2)CN(Cc2cc(OC)c(-c4ccc(F)cc4)c(C4CC4)c2)C3)CC1. The number of amidine groups is 1. The number of nitrogens with zero attached hydrogens (tertiary/aromatic N) is 3. The van der Waals surface area contributed by atoms with Crippen LogP contribution in [0.15, 0.2) is 41.6 Å². The number of carbonyl (C=O) groups is 1. The highest BCUT2D eigenvalue weighted by Crippen LogP contribution is 2.48. The molecular weight excluding hydrogens is 497 g/mol. The fraction of sp³-hybridized carbons (Fsp3) is 0.548. The van der Waals surface area contributed by atoms with Crippen LogP contribution in [0.4, 0.5) is 4.39 Å². The van der Waals surface area contributed by atoms with Crippen molar-refractivity contribution in [2.24, 2.45) is 10.6 Å². The second kappa shape index (κ2) is 10.1. The molecule has 2 aromatic carbocycles. The summed E-state index contributed by atoms with van der Waals surface area (Å²) in [5.41, 5.74) is 3.94. The molecule has 8 heteroatoms. The van der Waals surface area contributed by atoms with E-state index in [1.807, 2.05) is 26.0 Å². The molecule has 2 aromatic rings. The van der Waals surface area contributed by atoms with E-state index in [0.29, 0.717) is 12.5 Å². The summed E-state index contributed by atoms with van der Waals surface area (Å²) in [6, 6.07) is 11.1. The topological polar surface area (TPSA) is 63.6 Å². The minimum atomic E-state index is -0.413. The van der Waals surface area contributed by atoms with Gasteiger partial charge < -0.3 is 19.2 Å². The molecule has 0 aromatic heterocycles. The summed E-state index contributed by atoms with van der Waals surface area (Å²) in [6.07, 6.45) is 4.69. The minimum absolute atomic E-state index is 0.0902. The van der Waals surface area contributed by atoms with Crippen molar-refractivity contribution in [3.63, 3.8) is 0 Å². The zero-order valence-corrected chi connectivity index (χ0v) is 23.2. The third-order valence-corrected chi connectivity index (χ3v) is 8.82. The fourth-order valence-corrected chi connectivity index (χ4v) is 6.34. The maximum Gasteiger partial charge on any atom is 0.311 e. The molecule has 0 atom stereocenters. The molecule has 1 spiro atoms. The van der Waals surface area contributed by atoms with Crippen molar-refractivity contribution in [3.8, 4) is 16.9 Å². The summed E-state index contributed by atoms with van der Waals surface area (Å²) in [5.74, 6) is 2.06. The van der Waals surface area contributed by atoms with E-state index in [1.54, 1.807) is 7.11 Å². The van der Waals surface area contributed by atoms with E-state index in [9.17, 15) is 9.18 Å². The van der Waals surface area contributed by atoms with Gasteiger partial charge in [-0.3, -0.25) is 9.69 Å². The maximum absolute atomic E-state index is 13.6. The predicted octanol–water partition coefficient (Wildman–Crippen LogP) is 5.33. The molecule has 2 saturated heterocycles. The Bertz CT molecular complexity index is 1260. The average Bonchev–Trinajstić information content (AvgIpc) is 3.68. The van der Waals surface area contributed by atoms with Gasteiger partial charge in [0.25, 0.3) is 0 Å². The lowest BCUT2D eigenvalue weighted by Crippen LogP contribution is -2.61. The molecule has 3 heterocycles. The minimum Gasteiger partial charge on any atom is -0.496 e. The molecule has 0 radical (unpaired) electrons. The van der Waals surface area contributed by atoms with Crippen LogP contribution in [0.3, 0.4) is 0 Å². The van der Waals surface area contributed by atoms with E-state index in [2.05, 4.69) is 27.1 Å². The molecule has 3 fully saturated rings. The summed E-state index contributed by atoms with van der Waals surface area (Å²) in [6.45, 7) is 8.35. The molecule has 0 N–H and O–H groups in total. The molecule has 1 aliphatic carbocycles. The van der Waals surface area contributed by atoms with Crippen molar-refractivity contribution in [1.82, 2.24) is 9.80 Å². The largest absolute Gasteiger partial charge is 0.496 e. The molecule has 0 unspecified atom stereocenters. The molecular formula is C31H38FN3O4. The number of methoxy groups -OCH3 is 1. The van der Waals surface area contributed by atoms with Crippen LogP contribution in [0.25, 0.3) is 11.1 Å². The maximum atomic E-state index is 13.6. The third-order valence-electron chi connectivity index (χ3n) is 8.82. The second-order valence-electron chi connectivity index (χ2n) is 11.9. The average molecular weight is 536 g/mol. The molecule has 0 bridgehead atoms. The number of piperidine rings is 1. The van der Waals surface area contributed by atoms with Crippen LogP contribution < -0.4 is 4.74 Å². The van der Waals surface area contributed by atoms with Crippen LogP contribution in [0, 0.1) is 11.2 Å². The molecule has 0 amide bonds. The summed E-state index contributed by atoms with van der Waals surface area (Å²) in [4.78, 5) is 23.1. The standard InChI is InChI=1S/C31H38FN3O4/c1-4-38-29(36)30(2)11-13-35(14-12-30)27-17-31(39-33-27)19-34(20-31)18-21-15-25(22-5-6-22)28(26(16-21)37-3)23-7-9-24(32)10-8-23/h7-10,15-16,22H,4-6,11-14,17-20H2,1-3H3. The zero-order chi connectivity index (χ0) is 27.2. The van der Waals surface area contributed by atoms with E-state index in [0.717, 1.165) is 74.7 Å². The van der Waals surface area contributed by atoms with E-state index >= 15 is 0 Å². The molecule has 208 valence electrons. The Morgan fingerprint density at radius 3 is 2.51 bits per heavy atom. The molecule has 4 aliphatic rings. The Morgan fingerprint density at radius 1 is 1.15 bits per heavy atom. The first kappa shape index (κ1) is 26.1. The first-order valence-electron chi connectivity index (χ1n) is 14.2. The Labute approximate surface area is 229 Å². The van der Waals surface area contributed by atoms with Crippen molar-refractivity contribution < 1.29 is 23.5 Å². The van der Waals surface area contributed by atoms with E-state index in [-0.39, 0.29) is 17.4 Å². The van der Waals surface area contributed by atoms with Crippen LogP contribution in [-0.2, 0) is 20.9 Å². The number of benzene rings is 2. The number of ether oxygens (including phenoxy) is 2. The van der Waals surface area contributed by atoms with Gasteiger partial charge in [-0.15, -0.1) is 0 Å².